The fourth-order valence-electron chi connectivity index (χ4n) is 4.26. The lowest BCUT2D eigenvalue weighted by Crippen LogP contribution is -2.50. The van der Waals surface area contributed by atoms with Gasteiger partial charge in [0.2, 0.25) is 0 Å². The maximum absolute atomic E-state index is 13.2. The summed E-state index contributed by atoms with van der Waals surface area (Å²) >= 11 is 0. The minimum atomic E-state index is -1.48. The van der Waals surface area contributed by atoms with Crippen LogP contribution < -0.4 is 4.90 Å². The maximum atomic E-state index is 13.2. The number of nitrogens with zero attached hydrogens (tertiary/aromatic N) is 2. The highest BCUT2D eigenvalue weighted by Crippen LogP contribution is 2.50. The summed E-state index contributed by atoms with van der Waals surface area (Å²) in [6.07, 6.45) is 1.51. The van der Waals surface area contributed by atoms with E-state index in [9.17, 15) is 19.2 Å². The monoisotopic (exact) mass is 464 g/mol. The third-order valence-corrected chi connectivity index (χ3v) is 5.62. The number of hydrogen-bond donors (Lipinski definition) is 0. The number of aromatic nitrogens is 1. The van der Waals surface area contributed by atoms with Crippen LogP contribution in [0.15, 0.2) is 59.3 Å². The van der Waals surface area contributed by atoms with Crippen molar-refractivity contribution in [1.29, 1.82) is 0 Å². The Balaban J connectivity index is 2.25. The number of fused-ring (bicyclic) bond motifs is 6. The van der Waals surface area contributed by atoms with Gasteiger partial charge in [-0.25, -0.2) is 19.2 Å². The average molecular weight is 464 g/mol. The third kappa shape index (κ3) is 3.22. The van der Waals surface area contributed by atoms with Gasteiger partial charge in [-0.05, 0) is 12.1 Å². The first kappa shape index (κ1) is 22.7. The summed E-state index contributed by atoms with van der Waals surface area (Å²) < 4.78 is 19.8. The van der Waals surface area contributed by atoms with Gasteiger partial charge in [0, 0.05) is 17.3 Å². The van der Waals surface area contributed by atoms with Crippen molar-refractivity contribution in [2.45, 2.75) is 6.04 Å². The highest BCUT2D eigenvalue weighted by atomic mass is 16.5. The van der Waals surface area contributed by atoms with E-state index in [1.165, 1.54) is 11.1 Å². The molecular formula is C24H20N2O8. The summed E-state index contributed by atoms with van der Waals surface area (Å²) in [6.45, 7) is 0. The van der Waals surface area contributed by atoms with Crippen molar-refractivity contribution in [3.05, 3.63) is 65.0 Å². The van der Waals surface area contributed by atoms with Gasteiger partial charge in [0.15, 0.2) is 6.04 Å². The van der Waals surface area contributed by atoms with Crippen LogP contribution in [0.2, 0.25) is 0 Å². The van der Waals surface area contributed by atoms with Crippen LogP contribution in [0, 0.1) is 0 Å². The Bertz CT molecular complexity index is 1290. The van der Waals surface area contributed by atoms with E-state index < -0.39 is 41.1 Å². The molecule has 0 saturated heterocycles. The molecule has 0 bridgehead atoms. The highest BCUT2D eigenvalue weighted by molar-refractivity contribution is 6.23. The van der Waals surface area contributed by atoms with E-state index in [1.807, 2.05) is 6.07 Å². The molecule has 1 unspecified atom stereocenters. The summed E-state index contributed by atoms with van der Waals surface area (Å²) in [7, 11) is 4.47. The lowest BCUT2D eigenvalue weighted by atomic mass is 9.82. The van der Waals surface area contributed by atoms with Crippen LogP contribution in [0.3, 0.4) is 0 Å². The van der Waals surface area contributed by atoms with Gasteiger partial charge in [-0.1, -0.05) is 24.3 Å². The highest BCUT2D eigenvalue weighted by Gasteiger charge is 2.51. The summed E-state index contributed by atoms with van der Waals surface area (Å²) in [5.74, 6) is -3.84. The molecule has 0 aliphatic carbocycles. The van der Waals surface area contributed by atoms with Crippen molar-refractivity contribution < 1.29 is 38.1 Å². The van der Waals surface area contributed by atoms with Crippen LogP contribution in [0.1, 0.15) is 5.69 Å². The Morgan fingerprint density at radius 1 is 0.765 bits per heavy atom. The van der Waals surface area contributed by atoms with E-state index in [2.05, 4.69) is 4.98 Å². The molecule has 34 heavy (non-hydrogen) atoms. The molecule has 0 amide bonds. The number of hydrogen-bond acceptors (Lipinski definition) is 10. The van der Waals surface area contributed by atoms with E-state index in [1.54, 1.807) is 30.3 Å². The summed E-state index contributed by atoms with van der Waals surface area (Å²) in [4.78, 5) is 58.2. The van der Waals surface area contributed by atoms with E-state index in [0.29, 0.717) is 22.5 Å². The lowest BCUT2D eigenvalue weighted by molar-refractivity contribution is -0.145. The minimum absolute atomic E-state index is 0.101. The predicted octanol–water partition coefficient (Wildman–Crippen LogP) is 1.65. The molecule has 2 aromatic rings. The van der Waals surface area contributed by atoms with Crippen molar-refractivity contribution in [2.75, 3.05) is 33.3 Å². The number of esters is 4. The molecule has 4 rings (SSSR count). The largest absolute Gasteiger partial charge is 0.467 e. The van der Waals surface area contributed by atoms with E-state index in [0.717, 1.165) is 28.4 Å². The molecule has 2 aliphatic heterocycles. The molecule has 1 aromatic carbocycles. The number of benzene rings is 1. The average Bonchev–Trinajstić information content (AvgIpc) is 2.89. The normalized spacial score (nSPS) is 16.1. The number of methoxy groups -OCH3 is 4. The minimum Gasteiger partial charge on any atom is -0.467 e. The van der Waals surface area contributed by atoms with E-state index in [4.69, 9.17) is 18.9 Å². The van der Waals surface area contributed by atoms with Gasteiger partial charge < -0.3 is 23.8 Å². The zero-order valence-electron chi connectivity index (χ0n) is 18.8. The molecule has 1 aromatic heterocycles. The van der Waals surface area contributed by atoms with Crippen LogP contribution >= 0.6 is 0 Å². The van der Waals surface area contributed by atoms with Crippen LogP contribution in [0.4, 0.5) is 5.69 Å². The summed E-state index contributed by atoms with van der Waals surface area (Å²) in [6, 6.07) is 9.11. The van der Waals surface area contributed by atoms with Crippen LogP contribution in [0.5, 0.6) is 0 Å². The number of carbonyl (C=O) groups excluding carboxylic acids is 4. The maximum Gasteiger partial charge on any atom is 0.340 e. The van der Waals surface area contributed by atoms with Gasteiger partial charge in [0.05, 0.1) is 56.7 Å². The first-order valence-corrected chi connectivity index (χ1v) is 10.1. The van der Waals surface area contributed by atoms with Crippen molar-refractivity contribution in [3.63, 3.8) is 0 Å². The van der Waals surface area contributed by atoms with Gasteiger partial charge in [-0.2, -0.15) is 0 Å². The number of para-hydroxylation sites is 1. The van der Waals surface area contributed by atoms with Crippen molar-refractivity contribution >= 4 is 35.3 Å². The Morgan fingerprint density at radius 3 is 2.03 bits per heavy atom. The number of anilines is 1. The SMILES string of the molecule is COC(=O)C1=C(C(=O)OC)C(C(=O)OC)N2C(=C1C(=O)OC)c1ncccc1-c1ccccc12. The zero-order chi connectivity index (χ0) is 24.6. The second-order valence-electron chi connectivity index (χ2n) is 7.20. The van der Waals surface area contributed by atoms with Crippen molar-refractivity contribution in [2.24, 2.45) is 0 Å². The Morgan fingerprint density at radius 2 is 1.38 bits per heavy atom. The third-order valence-electron chi connectivity index (χ3n) is 5.62. The van der Waals surface area contributed by atoms with Gasteiger partial charge in [0.25, 0.3) is 0 Å². The van der Waals surface area contributed by atoms with Gasteiger partial charge in [-0.15, -0.1) is 0 Å². The lowest BCUT2D eigenvalue weighted by Gasteiger charge is -2.42. The molecule has 0 spiro atoms. The molecular weight excluding hydrogens is 444 g/mol. The standard InChI is InChI=1S/C24H20N2O8/c1-31-21(27)15-16(22(28)32-2)19-18-13(9-7-11-25-18)12-8-5-6-10-14(12)26(19)20(24(30)34-4)17(15)23(29)33-3/h5-11,20H,1-4H3. The number of pyridine rings is 1. The molecule has 0 fully saturated rings. The van der Waals surface area contributed by atoms with Crippen LogP contribution in [-0.2, 0) is 38.1 Å². The molecule has 3 heterocycles. The molecule has 10 nitrogen and oxygen atoms in total. The molecule has 1 atom stereocenters. The fourth-order valence-corrected chi connectivity index (χ4v) is 4.26. The molecule has 2 aliphatic rings. The summed E-state index contributed by atoms with van der Waals surface area (Å²) in [5, 5.41) is 0. The van der Waals surface area contributed by atoms with Gasteiger partial charge in [-0.3, -0.25) is 4.98 Å². The smallest absolute Gasteiger partial charge is 0.340 e. The molecule has 0 N–H and O–H groups in total. The zero-order valence-corrected chi connectivity index (χ0v) is 18.8. The number of carbonyl (C=O) groups is 4. The number of rotatable bonds is 4. The Kier molecular flexibility index (Phi) is 5.89. The second kappa shape index (κ2) is 8.81. The van der Waals surface area contributed by atoms with E-state index in [-0.39, 0.29) is 11.3 Å². The van der Waals surface area contributed by atoms with Crippen LogP contribution in [0.25, 0.3) is 16.8 Å². The quantitative estimate of drug-likeness (QED) is 0.488. The molecule has 0 radical (unpaired) electrons. The Labute approximate surface area is 194 Å². The first-order valence-electron chi connectivity index (χ1n) is 10.1. The topological polar surface area (TPSA) is 121 Å². The van der Waals surface area contributed by atoms with Crippen LogP contribution in [-0.4, -0.2) is 63.3 Å². The first-order chi connectivity index (χ1) is 16.4. The van der Waals surface area contributed by atoms with E-state index >= 15 is 0 Å². The number of ether oxygens (including phenoxy) is 4. The van der Waals surface area contributed by atoms with Gasteiger partial charge >= 0.3 is 23.9 Å². The molecule has 10 heteroatoms. The van der Waals surface area contributed by atoms with Gasteiger partial charge in [0.1, 0.15) is 5.57 Å². The molecule has 0 saturated carbocycles. The van der Waals surface area contributed by atoms with Crippen molar-refractivity contribution in [1.82, 2.24) is 4.98 Å². The molecule has 174 valence electrons. The second-order valence-corrected chi connectivity index (χ2v) is 7.20. The predicted molar refractivity (Wildman–Crippen MR) is 118 cm³/mol. The van der Waals surface area contributed by atoms with Crippen molar-refractivity contribution in [3.8, 4) is 11.1 Å². The fraction of sp³-hybridized carbons (Fsp3) is 0.208. The Hall–Kier alpha value is -4.47. The summed E-state index contributed by atoms with van der Waals surface area (Å²) in [5.41, 5.74) is 1.08.